The molecule has 26 heavy (non-hydrogen) atoms. The van der Waals surface area contributed by atoms with Crippen LogP contribution in [-0.4, -0.2) is 28.9 Å². The molecule has 2 amide bonds. The van der Waals surface area contributed by atoms with E-state index in [9.17, 15) is 9.59 Å². The van der Waals surface area contributed by atoms with Crippen LogP contribution in [0.15, 0.2) is 60.7 Å². The Morgan fingerprint density at radius 1 is 0.962 bits per heavy atom. The molecule has 0 spiro atoms. The molecular weight excluding hydrogens is 326 g/mol. The van der Waals surface area contributed by atoms with Crippen molar-refractivity contribution < 1.29 is 14.3 Å². The van der Waals surface area contributed by atoms with Crippen LogP contribution < -0.4 is 0 Å². The van der Waals surface area contributed by atoms with E-state index in [2.05, 4.69) is 12.1 Å². The normalized spacial score (nSPS) is 25.2. The first-order chi connectivity index (χ1) is 12.7. The first kappa shape index (κ1) is 17.0. The van der Waals surface area contributed by atoms with E-state index in [1.165, 1.54) is 4.90 Å². The maximum Gasteiger partial charge on any atom is 0.260 e. The Balaban J connectivity index is 1.47. The number of likely N-dealkylation sites (tertiary alicyclic amines) is 1. The number of benzene rings is 2. The van der Waals surface area contributed by atoms with Gasteiger partial charge in [-0.3, -0.25) is 14.5 Å². The van der Waals surface area contributed by atoms with Gasteiger partial charge in [0, 0.05) is 23.9 Å². The minimum atomic E-state index is -0.172. The minimum absolute atomic E-state index is 0.0373. The van der Waals surface area contributed by atoms with Crippen molar-refractivity contribution in [3.8, 4) is 0 Å². The second kappa shape index (κ2) is 7.42. The van der Waals surface area contributed by atoms with Gasteiger partial charge in [0.1, 0.15) is 0 Å². The SMILES string of the molecule is O=C1CCC2C(OCc3ccccc3)CCC2N1C(=O)c1ccccc1. The van der Waals surface area contributed by atoms with Gasteiger partial charge in [-0.1, -0.05) is 48.5 Å². The summed E-state index contributed by atoms with van der Waals surface area (Å²) in [5, 5.41) is 0. The van der Waals surface area contributed by atoms with Crippen molar-refractivity contribution in [2.45, 2.75) is 44.4 Å². The molecule has 2 aromatic carbocycles. The highest BCUT2D eigenvalue weighted by Gasteiger charge is 2.47. The van der Waals surface area contributed by atoms with E-state index in [4.69, 9.17) is 4.74 Å². The monoisotopic (exact) mass is 349 g/mol. The van der Waals surface area contributed by atoms with E-state index in [1.54, 1.807) is 12.1 Å². The molecule has 4 heteroatoms. The number of rotatable bonds is 4. The van der Waals surface area contributed by atoms with Crippen LogP contribution in [0.2, 0.25) is 0 Å². The lowest BCUT2D eigenvalue weighted by molar-refractivity contribution is -0.135. The third kappa shape index (κ3) is 3.29. The first-order valence-electron chi connectivity index (χ1n) is 9.31. The Labute approximate surface area is 153 Å². The van der Waals surface area contributed by atoms with Gasteiger partial charge in [-0.15, -0.1) is 0 Å². The first-order valence-corrected chi connectivity index (χ1v) is 9.31. The van der Waals surface area contributed by atoms with Gasteiger partial charge in [0.2, 0.25) is 5.91 Å². The maximum atomic E-state index is 12.9. The van der Waals surface area contributed by atoms with E-state index in [1.807, 2.05) is 36.4 Å². The number of piperidine rings is 1. The second-order valence-electron chi connectivity index (χ2n) is 7.12. The zero-order valence-corrected chi connectivity index (χ0v) is 14.7. The van der Waals surface area contributed by atoms with Gasteiger partial charge in [-0.2, -0.15) is 0 Å². The number of amides is 2. The van der Waals surface area contributed by atoms with Crippen LogP contribution in [0, 0.1) is 5.92 Å². The highest BCUT2D eigenvalue weighted by atomic mass is 16.5. The average molecular weight is 349 g/mol. The van der Waals surface area contributed by atoms with Crippen LogP contribution in [0.1, 0.15) is 41.6 Å². The molecule has 4 nitrogen and oxygen atoms in total. The summed E-state index contributed by atoms with van der Waals surface area (Å²) in [6.07, 6.45) is 3.06. The number of carbonyl (C=O) groups excluding carboxylic acids is 2. The number of hydrogen-bond donors (Lipinski definition) is 0. The molecule has 134 valence electrons. The molecule has 0 radical (unpaired) electrons. The van der Waals surface area contributed by atoms with E-state index in [-0.39, 0.29) is 29.9 Å². The molecule has 2 aliphatic rings. The smallest absolute Gasteiger partial charge is 0.260 e. The average Bonchev–Trinajstić information content (AvgIpc) is 3.10. The number of nitrogens with zero attached hydrogens (tertiary/aromatic N) is 1. The van der Waals surface area contributed by atoms with Crippen LogP contribution in [0.3, 0.4) is 0 Å². The number of hydrogen-bond acceptors (Lipinski definition) is 3. The Kier molecular flexibility index (Phi) is 4.85. The summed E-state index contributed by atoms with van der Waals surface area (Å²) in [5.74, 6) is 0.0156. The third-order valence-electron chi connectivity index (χ3n) is 5.56. The summed E-state index contributed by atoms with van der Waals surface area (Å²) in [6, 6.07) is 19.2. The highest BCUT2D eigenvalue weighted by molar-refractivity contribution is 6.05. The predicted molar refractivity (Wildman–Crippen MR) is 98.4 cm³/mol. The van der Waals surface area contributed by atoms with Crippen molar-refractivity contribution in [2.75, 3.05) is 0 Å². The molecule has 0 N–H and O–H groups in total. The molecule has 1 heterocycles. The largest absolute Gasteiger partial charge is 0.373 e. The Morgan fingerprint density at radius 3 is 2.38 bits per heavy atom. The fourth-order valence-electron chi connectivity index (χ4n) is 4.27. The van der Waals surface area contributed by atoms with Gasteiger partial charge in [-0.25, -0.2) is 0 Å². The quantitative estimate of drug-likeness (QED) is 0.789. The van der Waals surface area contributed by atoms with Gasteiger partial charge in [-0.05, 0) is 37.0 Å². The molecule has 1 saturated heterocycles. The zero-order chi connectivity index (χ0) is 17.9. The van der Waals surface area contributed by atoms with E-state index in [0.29, 0.717) is 18.6 Å². The zero-order valence-electron chi connectivity index (χ0n) is 14.7. The molecule has 3 atom stereocenters. The fraction of sp³-hybridized carbons (Fsp3) is 0.364. The number of ether oxygens (including phenoxy) is 1. The van der Waals surface area contributed by atoms with E-state index >= 15 is 0 Å². The Bertz CT molecular complexity index is 774. The van der Waals surface area contributed by atoms with Gasteiger partial charge < -0.3 is 4.74 Å². The maximum absolute atomic E-state index is 12.9. The lowest BCUT2D eigenvalue weighted by Crippen LogP contribution is -2.51. The number of carbonyl (C=O) groups is 2. The fourth-order valence-corrected chi connectivity index (χ4v) is 4.27. The molecule has 3 unspecified atom stereocenters. The highest BCUT2D eigenvalue weighted by Crippen LogP contribution is 2.40. The van der Waals surface area contributed by atoms with Crippen molar-refractivity contribution in [1.82, 2.24) is 4.90 Å². The molecule has 1 aliphatic carbocycles. The Morgan fingerprint density at radius 2 is 1.65 bits per heavy atom. The molecular formula is C22H23NO3. The standard InChI is InChI=1S/C22H23NO3/c24-21-14-11-18-19(23(21)22(25)17-9-5-2-6-10-17)12-13-20(18)26-15-16-7-3-1-4-8-16/h1-10,18-20H,11-15H2. The van der Waals surface area contributed by atoms with E-state index < -0.39 is 0 Å². The van der Waals surface area contributed by atoms with Crippen molar-refractivity contribution in [3.05, 3.63) is 71.8 Å². The van der Waals surface area contributed by atoms with Crippen LogP contribution in [0.4, 0.5) is 0 Å². The van der Waals surface area contributed by atoms with Gasteiger partial charge in [0.15, 0.2) is 0 Å². The second-order valence-corrected chi connectivity index (χ2v) is 7.12. The molecule has 0 bridgehead atoms. The van der Waals surface area contributed by atoms with Crippen LogP contribution in [-0.2, 0) is 16.1 Å². The van der Waals surface area contributed by atoms with Gasteiger partial charge >= 0.3 is 0 Å². The van der Waals surface area contributed by atoms with Crippen LogP contribution >= 0.6 is 0 Å². The summed E-state index contributed by atoms with van der Waals surface area (Å²) in [4.78, 5) is 26.9. The lowest BCUT2D eigenvalue weighted by atomic mass is 9.89. The summed E-state index contributed by atoms with van der Waals surface area (Å²) in [5.41, 5.74) is 1.73. The van der Waals surface area contributed by atoms with Gasteiger partial charge in [0.05, 0.1) is 12.7 Å². The molecule has 1 saturated carbocycles. The van der Waals surface area contributed by atoms with Crippen molar-refractivity contribution >= 4 is 11.8 Å². The van der Waals surface area contributed by atoms with Crippen molar-refractivity contribution in [2.24, 2.45) is 5.92 Å². The van der Waals surface area contributed by atoms with Gasteiger partial charge in [0.25, 0.3) is 5.91 Å². The molecule has 0 aromatic heterocycles. The van der Waals surface area contributed by atoms with Crippen molar-refractivity contribution in [1.29, 1.82) is 0 Å². The third-order valence-corrected chi connectivity index (χ3v) is 5.56. The van der Waals surface area contributed by atoms with Crippen LogP contribution in [0.5, 0.6) is 0 Å². The predicted octanol–water partition coefficient (Wildman–Crippen LogP) is 3.81. The summed E-state index contributed by atoms with van der Waals surface area (Å²) in [7, 11) is 0. The molecule has 1 aliphatic heterocycles. The number of imide groups is 1. The van der Waals surface area contributed by atoms with Crippen molar-refractivity contribution in [3.63, 3.8) is 0 Å². The number of fused-ring (bicyclic) bond motifs is 1. The summed E-state index contributed by atoms with van der Waals surface area (Å²) >= 11 is 0. The van der Waals surface area contributed by atoms with E-state index in [0.717, 1.165) is 24.8 Å². The van der Waals surface area contributed by atoms with Crippen LogP contribution in [0.25, 0.3) is 0 Å². The summed E-state index contributed by atoms with van der Waals surface area (Å²) < 4.78 is 6.18. The molecule has 2 aromatic rings. The Hall–Kier alpha value is -2.46. The molecule has 4 rings (SSSR count). The topological polar surface area (TPSA) is 46.6 Å². The lowest BCUT2D eigenvalue weighted by Gasteiger charge is -2.37. The summed E-state index contributed by atoms with van der Waals surface area (Å²) in [6.45, 7) is 0.579. The molecule has 2 fully saturated rings. The minimum Gasteiger partial charge on any atom is -0.373 e.